The largest absolute Gasteiger partial charge is 0.287 e. The highest BCUT2D eigenvalue weighted by molar-refractivity contribution is 7.89. The lowest BCUT2D eigenvalue weighted by atomic mass is 10.2. The second-order valence-electron chi connectivity index (χ2n) is 3.48. The third-order valence-corrected chi connectivity index (χ3v) is 4.47. The summed E-state index contributed by atoms with van der Waals surface area (Å²) < 4.78 is 23.8. The Labute approximate surface area is 109 Å². The van der Waals surface area contributed by atoms with E-state index in [1.807, 2.05) is 18.7 Å². The molecule has 0 unspecified atom stereocenters. The molecule has 0 saturated carbocycles. The molecular weight excluding hydrogens is 293 g/mol. The van der Waals surface area contributed by atoms with Crippen LogP contribution in [0.15, 0.2) is 11.0 Å². The van der Waals surface area contributed by atoms with Gasteiger partial charge < -0.3 is 0 Å². The number of hydrogen-bond donors (Lipinski definition) is 1. The lowest BCUT2D eigenvalue weighted by molar-refractivity contribution is 0.0719. The van der Waals surface area contributed by atoms with Crippen LogP contribution in [0.25, 0.3) is 0 Å². The van der Waals surface area contributed by atoms with E-state index in [1.165, 1.54) is 6.07 Å². The molecule has 0 aliphatic heterocycles. The quantitative estimate of drug-likeness (QED) is 0.851. The van der Waals surface area contributed by atoms with Crippen molar-refractivity contribution in [2.75, 3.05) is 6.61 Å². The topological polar surface area (TPSA) is 55.4 Å². The second kappa shape index (κ2) is 5.66. The fraction of sp³-hybridized carbons (Fsp3) is 0.500. The number of thiophene rings is 1. The minimum Gasteiger partial charge on any atom is -0.287 e. The minimum atomic E-state index is -3.74. The maximum Gasteiger partial charge on any atom is 0.264 e. The fourth-order valence-corrected chi connectivity index (χ4v) is 3.80. The zero-order chi connectivity index (χ0) is 12.3. The van der Waals surface area contributed by atoms with Crippen molar-refractivity contribution in [3.63, 3.8) is 0 Å². The van der Waals surface area contributed by atoms with Gasteiger partial charge >= 0.3 is 0 Å². The van der Waals surface area contributed by atoms with E-state index in [0.717, 1.165) is 11.3 Å². The van der Waals surface area contributed by atoms with E-state index in [0.29, 0.717) is 4.34 Å². The first-order valence-electron chi connectivity index (χ1n) is 4.41. The molecule has 1 rings (SSSR count). The third kappa shape index (κ3) is 3.87. The van der Waals surface area contributed by atoms with Crippen LogP contribution in [0.4, 0.5) is 0 Å². The van der Waals surface area contributed by atoms with Gasteiger partial charge in [0.2, 0.25) is 0 Å². The highest BCUT2D eigenvalue weighted by Crippen LogP contribution is 2.33. The van der Waals surface area contributed by atoms with E-state index in [2.05, 4.69) is 0 Å². The summed E-state index contributed by atoms with van der Waals surface area (Å²) in [5.74, 6) is 0.226. The number of nitrogens with one attached hydrogen (secondary N) is 1. The van der Waals surface area contributed by atoms with Crippen LogP contribution in [0.1, 0.15) is 13.8 Å². The van der Waals surface area contributed by atoms with Crippen LogP contribution in [-0.2, 0) is 14.9 Å². The zero-order valence-electron chi connectivity index (χ0n) is 8.66. The van der Waals surface area contributed by atoms with Gasteiger partial charge in [-0.2, -0.15) is 0 Å². The molecule has 16 heavy (non-hydrogen) atoms. The van der Waals surface area contributed by atoms with Gasteiger partial charge in [0, 0.05) is 0 Å². The Kier molecular flexibility index (Phi) is 5.03. The van der Waals surface area contributed by atoms with Crippen LogP contribution in [0, 0.1) is 5.92 Å². The van der Waals surface area contributed by atoms with Crippen molar-refractivity contribution in [3.8, 4) is 0 Å². The molecule has 0 atom stereocenters. The average molecular weight is 304 g/mol. The van der Waals surface area contributed by atoms with Gasteiger partial charge in [0.15, 0.2) is 0 Å². The molecule has 1 N–H and O–H groups in total. The fourth-order valence-electron chi connectivity index (χ4n) is 0.832. The monoisotopic (exact) mass is 303 g/mol. The van der Waals surface area contributed by atoms with Crippen molar-refractivity contribution in [2.24, 2.45) is 5.92 Å². The number of halogens is 2. The molecule has 8 heteroatoms. The molecular formula is C8H11Cl2NO3S2. The van der Waals surface area contributed by atoms with E-state index in [4.69, 9.17) is 28.0 Å². The van der Waals surface area contributed by atoms with Gasteiger partial charge in [0.25, 0.3) is 10.0 Å². The van der Waals surface area contributed by atoms with Crippen LogP contribution >= 0.6 is 34.5 Å². The molecule has 0 fully saturated rings. The molecule has 0 saturated heterocycles. The molecule has 0 aliphatic carbocycles. The molecule has 0 aliphatic rings. The van der Waals surface area contributed by atoms with Crippen LogP contribution < -0.4 is 4.89 Å². The van der Waals surface area contributed by atoms with Gasteiger partial charge in [-0.15, -0.1) is 11.3 Å². The molecule has 92 valence electrons. The summed E-state index contributed by atoms with van der Waals surface area (Å²) in [6.07, 6.45) is 0. The predicted octanol–water partition coefficient (Wildman–Crippen LogP) is 2.92. The molecule has 0 bridgehead atoms. The van der Waals surface area contributed by atoms with Crippen LogP contribution in [-0.4, -0.2) is 15.0 Å². The molecule has 1 heterocycles. The Morgan fingerprint density at radius 2 is 2.12 bits per heavy atom. The lowest BCUT2D eigenvalue weighted by Gasteiger charge is -2.07. The summed E-state index contributed by atoms with van der Waals surface area (Å²) in [5.41, 5.74) is 0. The second-order valence-corrected chi connectivity index (χ2v) is 7.38. The molecule has 0 aromatic carbocycles. The lowest BCUT2D eigenvalue weighted by Crippen LogP contribution is -2.25. The maximum atomic E-state index is 11.7. The zero-order valence-corrected chi connectivity index (χ0v) is 11.8. The predicted molar refractivity (Wildman–Crippen MR) is 65.5 cm³/mol. The molecule has 1 aromatic heterocycles. The molecule has 0 spiro atoms. The van der Waals surface area contributed by atoms with Gasteiger partial charge in [-0.1, -0.05) is 41.9 Å². The van der Waals surface area contributed by atoms with Crippen molar-refractivity contribution in [1.82, 2.24) is 4.89 Å². The summed E-state index contributed by atoms with van der Waals surface area (Å²) in [6.45, 7) is 4.10. The van der Waals surface area contributed by atoms with E-state index >= 15 is 0 Å². The van der Waals surface area contributed by atoms with Crippen molar-refractivity contribution >= 4 is 44.6 Å². The first-order valence-corrected chi connectivity index (χ1v) is 7.47. The minimum absolute atomic E-state index is 0.0621. The van der Waals surface area contributed by atoms with Crippen LogP contribution in [0.5, 0.6) is 0 Å². The standard InChI is InChI=1S/C8H11Cl2NO3S2/c1-5(2)4-14-11-16(12,13)6-3-7(9)15-8(6)10/h3,5,11H,4H2,1-2H3. The summed E-state index contributed by atoms with van der Waals surface area (Å²) in [5, 5.41) is 0. The first-order chi connectivity index (χ1) is 7.33. The number of rotatable bonds is 5. The normalized spacial score (nSPS) is 12.3. The average Bonchev–Trinajstić information content (AvgIpc) is 2.44. The van der Waals surface area contributed by atoms with Crippen molar-refractivity contribution in [1.29, 1.82) is 0 Å². The summed E-state index contributed by atoms with van der Waals surface area (Å²) >= 11 is 12.4. The maximum absolute atomic E-state index is 11.7. The van der Waals surface area contributed by atoms with Gasteiger partial charge in [-0.3, -0.25) is 4.84 Å². The molecule has 4 nitrogen and oxygen atoms in total. The Hall–Kier alpha value is 0.150. The van der Waals surface area contributed by atoms with Crippen molar-refractivity contribution in [3.05, 3.63) is 14.7 Å². The molecule has 0 amide bonds. The summed E-state index contributed by atoms with van der Waals surface area (Å²) in [6, 6.07) is 1.29. The number of hydrogen-bond acceptors (Lipinski definition) is 4. The smallest absolute Gasteiger partial charge is 0.264 e. The van der Waals surface area contributed by atoms with E-state index in [-0.39, 0.29) is 21.8 Å². The first kappa shape index (κ1) is 14.2. The number of sulfonamides is 1. The highest BCUT2D eigenvalue weighted by atomic mass is 35.5. The Bertz CT molecular complexity index is 456. The Morgan fingerprint density at radius 3 is 2.56 bits per heavy atom. The third-order valence-electron chi connectivity index (χ3n) is 1.50. The Balaban J connectivity index is 2.75. The van der Waals surface area contributed by atoms with E-state index < -0.39 is 10.0 Å². The van der Waals surface area contributed by atoms with E-state index in [1.54, 1.807) is 0 Å². The Morgan fingerprint density at radius 1 is 1.50 bits per heavy atom. The van der Waals surface area contributed by atoms with Gasteiger partial charge in [0.1, 0.15) is 9.23 Å². The van der Waals surface area contributed by atoms with Gasteiger partial charge in [-0.25, -0.2) is 8.42 Å². The summed E-state index contributed by atoms with van der Waals surface area (Å²) in [4.78, 5) is 6.78. The van der Waals surface area contributed by atoms with E-state index in [9.17, 15) is 8.42 Å². The van der Waals surface area contributed by atoms with Crippen molar-refractivity contribution < 1.29 is 13.3 Å². The highest BCUT2D eigenvalue weighted by Gasteiger charge is 2.21. The van der Waals surface area contributed by atoms with Crippen molar-refractivity contribution in [2.45, 2.75) is 18.7 Å². The van der Waals surface area contributed by atoms with Gasteiger partial charge in [0.05, 0.1) is 10.9 Å². The van der Waals surface area contributed by atoms with Crippen LogP contribution in [0.2, 0.25) is 8.67 Å². The molecule has 0 radical (unpaired) electrons. The molecule has 1 aromatic rings. The SMILES string of the molecule is CC(C)CONS(=O)(=O)c1cc(Cl)sc1Cl. The van der Waals surface area contributed by atoms with Crippen LogP contribution in [0.3, 0.4) is 0 Å². The van der Waals surface area contributed by atoms with Gasteiger partial charge in [-0.05, 0) is 12.0 Å². The summed E-state index contributed by atoms with van der Waals surface area (Å²) in [7, 11) is -3.74.